The summed E-state index contributed by atoms with van der Waals surface area (Å²) in [5.74, 6) is 3.25. The minimum atomic E-state index is 0.373. The summed E-state index contributed by atoms with van der Waals surface area (Å²) < 4.78 is 0. The highest BCUT2D eigenvalue weighted by molar-refractivity contribution is 6.31. The van der Waals surface area contributed by atoms with Crippen molar-refractivity contribution in [3.05, 3.63) is 41.4 Å². The van der Waals surface area contributed by atoms with E-state index in [0.29, 0.717) is 5.92 Å². The highest BCUT2D eigenvalue weighted by Crippen LogP contribution is 2.34. The second-order valence-electron chi connectivity index (χ2n) is 6.10. The van der Waals surface area contributed by atoms with E-state index in [2.05, 4.69) is 31.7 Å². The van der Waals surface area contributed by atoms with Crippen LogP contribution in [0.3, 0.4) is 0 Å². The zero-order valence-corrected chi connectivity index (χ0v) is 14.5. The fourth-order valence-corrected chi connectivity index (χ4v) is 3.16. The molecule has 1 aliphatic heterocycles. The molecule has 0 unspecified atom stereocenters. The Kier molecular flexibility index (Phi) is 3.76. The number of anilines is 2. The third-order valence-corrected chi connectivity index (χ3v) is 4.76. The minimum absolute atomic E-state index is 0.373. The number of hydrogen-bond acceptors (Lipinski definition) is 5. The van der Waals surface area contributed by atoms with Gasteiger partial charge in [0.15, 0.2) is 11.6 Å². The summed E-state index contributed by atoms with van der Waals surface area (Å²) in [5, 5.41) is 0.722. The van der Waals surface area contributed by atoms with Crippen LogP contribution in [0.5, 0.6) is 0 Å². The van der Waals surface area contributed by atoms with Crippen LogP contribution in [0.4, 0.5) is 11.6 Å². The maximum absolute atomic E-state index is 6.04. The third-order valence-electron chi connectivity index (χ3n) is 4.53. The number of halogens is 1. The molecule has 0 bridgehead atoms. The first kappa shape index (κ1) is 15.2. The van der Waals surface area contributed by atoms with Crippen molar-refractivity contribution in [3.8, 4) is 0 Å². The molecule has 3 aromatic rings. The first-order chi connectivity index (χ1) is 11.7. The SMILES string of the molecule is CCN(C)c1nccnc1N1CC(c2nc3ccc(Cl)cc3[nH]2)C1. The Balaban J connectivity index is 1.54. The number of aromatic nitrogens is 4. The van der Waals surface area contributed by atoms with Crippen molar-refractivity contribution in [2.75, 3.05) is 36.5 Å². The van der Waals surface area contributed by atoms with Crippen LogP contribution in [0, 0.1) is 0 Å². The fraction of sp³-hybridized carbons (Fsp3) is 0.353. The van der Waals surface area contributed by atoms with Gasteiger partial charge < -0.3 is 14.8 Å². The quantitative estimate of drug-likeness (QED) is 0.789. The average molecular weight is 343 g/mol. The fourth-order valence-electron chi connectivity index (χ4n) is 2.98. The van der Waals surface area contributed by atoms with Crippen molar-refractivity contribution in [1.82, 2.24) is 19.9 Å². The Morgan fingerprint density at radius 1 is 1.29 bits per heavy atom. The Bertz CT molecular complexity index is 870. The summed E-state index contributed by atoms with van der Waals surface area (Å²) in [6, 6.07) is 5.74. The maximum atomic E-state index is 6.04. The van der Waals surface area contributed by atoms with Gasteiger partial charge in [0.2, 0.25) is 0 Å². The molecule has 1 fully saturated rings. The molecule has 6 nitrogen and oxygen atoms in total. The van der Waals surface area contributed by atoms with Gasteiger partial charge in [-0.1, -0.05) is 11.6 Å². The van der Waals surface area contributed by atoms with Crippen molar-refractivity contribution in [1.29, 1.82) is 0 Å². The zero-order chi connectivity index (χ0) is 16.7. The highest BCUT2D eigenvalue weighted by atomic mass is 35.5. The van der Waals surface area contributed by atoms with Gasteiger partial charge >= 0.3 is 0 Å². The summed E-state index contributed by atoms with van der Waals surface area (Å²) in [5.41, 5.74) is 1.95. The molecular weight excluding hydrogens is 324 g/mol. The van der Waals surface area contributed by atoms with E-state index in [1.807, 2.05) is 25.2 Å². The van der Waals surface area contributed by atoms with E-state index in [1.54, 1.807) is 12.4 Å². The summed E-state index contributed by atoms with van der Waals surface area (Å²) >= 11 is 6.04. The Hall–Kier alpha value is -2.34. The lowest BCUT2D eigenvalue weighted by Gasteiger charge is -2.40. The van der Waals surface area contributed by atoms with Crippen molar-refractivity contribution in [2.45, 2.75) is 12.8 Å². The summed E-state index contributed by atoms with van der Waals surface area (Å²) in [7, 11) is 2.04. The van der Waals surface area contributed by atoms with Crippen LogP contribution in [0.15, 0.2) is 30.6 Å². The van der Waals surface area contributed by atoms with Crippen LogP contribution in [-0.2, 0) is 0 Å². The van der Waals surface area contributed by atoms with Crippen LogP contribution >= 0.6 is 11.6 Å². The maximum Gasteiger partial charge on any atom is 0.172 e. The Labute approximate surface area is 145 Å². The number of H-pyrrole nitrogens is 1. The minimum Gasteiger partial charge on any atom is -0.357 e. The molecule has 0 atom stereocenters. The predicted octanol–water partition coefficient (Wildman–Crippen LogP) is 3.07. The number of aromatic amines is 1. The standard InChI is InChI=1S/C17H19ClN6/c1-3-23(2)16-17(20-7-6-19-16)24-9-11(10-24)15-21-13-5-4-12(18)8-14(13)22-15/h4-8,11H,3,9-10H2,1-2H3,(H,21,22). The van der Waals surface area contributed by atoms with E-state index in [-0.39, 0.29) is 0 Å². The molecule has 1 N–H and O–H groups in total. The Morgan fingerprint density at radius 3 is 2.88 bits per heavy atom. The van der Waals surface area contributed by atoms with Gasteiger partial charge in [-0.15, -0.1) is 0 Å². The first-order valence-electron chi connectivity index (χ1n) is 8.08. The van der Waals surface area contributed by atoms with Gasteiger partial charge in [0.05, 0.1) is 17.0 Å². The molecule has 0 amide bonds. The highest BCUT2D eigenvalue weighted by Gasteiger charge is 2.33. The first-order valence-corrected chi connectivity index (χ1v) is 8.45. The molecule has 3 heterocycles. The van der Waals surface area contributed by atoms with Gasteiger partial charge in [0.1, 0.15) is 5.82 Å². The van der Waals surface area contributed by atoms with Crippen LogP contribution in [-0.4, -0.2) is 46.6 Å². The van der Waals surface area contributed by atoms with Gasteiger partial charge in [-0.25, -0.2) is 15.0 Å². The number of nitrogens with one attached hydrogen (secondary N) is 1. The van der Waals surface area contributed by atoms with E-state index in [4.69, 9.17) is 16.6 Å². The normalized spacial score (nSPS) is 14.9. The smallest absolute Gasteiger partial charge is 0.172 e. The van der Waals surface area contributed by atoms with Gasteiger partial charge in [-0.3, -0.25) is 0 Å². The monoisotopic (exact) mass is 342 g/mol. The molecular formula is C17H19ClN6. The van der Waals surface area contributed by atoms with Crippen LogP contribution in [0.1, 0.15) is 18.7 Å². The van der Waals surface area contributed by atoms with E-state index in [0.717, 1.165) is 53.2 Å². The number of nitrogens with zero attached hydrogens (tertiary/aromatic N) is 5. The van der Waals surface area contributed by atoms with Gasteiger partial charge in [-0.2, -0.15) is 0 Å². The summed E-state index contributed by atoms with van der Waals surface area (Å²) in [6.45, 7) is 4.78. The van der Waals surface area contributed by atoms with Crippen LogP contribution < -0.4 is 9.80 Å². The van der Waals surface area contributed by atoms with Crippen molar-refractivity contribution < 1.29 is 0 Å². The number of hydrogen-bond donors (Lipinski definition) is 1. The van der Waals surface area contributed by atoms with E-state index in [9.17, 15) is 0 Å². The van der Waals surface area contributed by atoms with Crippen LogP contribution in [0.2, 0.25) is 5.02 Å². The number of imidazole rings is 1. The number of fused-ring (bicyclic) bond motifs is 1. The predicted molar refractivity (Wildman–Crippen MR) is 97.0 cm³/mol. The molecule has 1 aromatic carbocycles. The molecule has 1 aliphatic rings. The van der Waals surface area contributed by atoms with Crippen molar-refractivity contribution >= 4 is 34.3 Å². The molecule has 4 rings (SSSR count). The molecule has 0 saturated carbocycles. The molecule has 24 heavy (non-hydrogen) atoms. The van der Waals surface area contributed by atoms with Crippen molar-refractivity contribution in [3.63, 3.8) is 0 Å². The van der Waals surface area contributed by atoms with Gasteiger partial charge in [-0.05, 0) is 25.1 Å². The lowest BCUT2D eigenvalue weighted by atomic mass is 9.99. The lowest BCUT2D eigenvalue weighted by Crippen LogP contribution is -2.46. The zero-order valence-electron chi connectivity index (χ0n) is 13.7. The summed E-state index contributed by atoms with van der Waals surface area (Å²) in [6.07, 6.45) is 3.49. The second kappa shape index (κ2) is 5.94. The molecule has 1 saturated heterocycles. The van der Waals surface area contributed by atoms with Crippen LogP contribution in [0.25, 0.3) is 11.0 Å². The van der Waals surface area contributed by atoms with Crippen molar-refractivity contribution in [2.24, 2.45) is 0 Å². The molecule has 0 spiro atoms. The number of rotatable bonds is 4. The molecule has 0 radical (unpaired) electrons. The Morgan fingerprint density at radius 2 is 2.08 bits per heavy atom. The number of benzene rings is 1. The molecule has 7 heteroatoms. The topological polar surface area (TPSA) is 60.9 Å². The van der Waals surface area contributed by atoms with Gasteiger partial charge in [0, 0.05) is 44.1 Å². The van der Waals surface area contributed by atoms with Gasteiger partial charge in [0.25, 0.3) is 0 Å². The third kappa shape index (κ3) is 2.57. The lowest BCUT2D eigenvalue weighted by molar-refractivity contribution is 0.500. The molecule has 2 aromatic heterocycles. The average Bonchev–Trinajstić information content (AvgIpc) is 2.95. The van der Waals surface area contributed by atoms with E-state index < -0.39 is 0 Å². The largest absolute Gasteiger partial charge is 0.357 e. The van der Waals surface area contributed by atoms with E-state index >= 15 is 0 Å². The van der Waals surface area contributed by atoms with E-state index in [1.165, 1.54) is 0 Å². The second-order valence-corrected chi connectivity index (χ2v) is 6.54. The summed E-state index contributed by atoms with van der Waals surface area (Å²) in [4.78, 5) is 21.4. The molecule has 124 valence electrons. The molecule has 0 aliphatic carbocycles.